The van der Waals surface area contributed by atoms with Crippen LogP contribution < -0.4 is 5.32 Å². The Balaban J connectivity index is 2.17. The predicted molar refractivity (Wildman–Crippen MR) is 66.1 cm³/mol. The van der Waals surface area contributed by atoms with E-state index < -0.39 is 0 Å². The summed E-state index contributed by atoms with van der Waals surface area (Å²) in [7, 11) is 0. The highest BCUT2D eigenvalue weighted by Crippen LogP contribution is 2.30. The molecule has 0 saturated heterocycles. The fraction of sp³-hybridized carbons (Fsp3) is 0.167. The molecule has 2 rings (SSSR count). The molecule has 1 aromatic carbocycles. The maximum atomic E-state index is 9.69. The molecule has 84 valence electrons. The average molecular weight is 235 g/mol. The minimum Gasteiger partial charge on any atom is -0.508 e. The quantitative estimate of drug-likeness (QED) is 0.764. The molecule has 1 atom stereocenters. The molecular weight excluding hydrogens is 222 g/mol. The van der Waals surface area contributed by atoms with E-state index in [1.54, 1.807) is 23.5 Å². The molecule has 0 aliphatic rings. The minimum atomic E-state index is -0.00444. The van der Waals surface area contributed by atoms with Crippen LogP contribution in [0.4, 0.5) is 5.69 Å². The molecule has 0 spiro atoms. The molecule has 0 aliphatic carbocycles. The zero-order valence-corrected chi connectivity index (χ0v) is 9.66. The van der Waals surface area contributed by atoms with Crippen LogP contribution in [-0.4, -0.2) is 10.2 Å². The number of hydrogen-bond acceptors (Lipinski definition) is 4. The van der Waals surface area contributed by atoms with Crippen molar-refractivity contribution in [3.8, 4) is 11.5 Å². The van der Waals surface area contributed by atoms with E-state index in [2.05, 4.69) is 5.32 Å². The number of phenolic OH excluding ortho intramolecular Hbond substituents is 2. The Bertz CT molecular complexity index is 468. The van der Waals surface area contributed by atoms with E-state index in [-0.39, 0.29) is 17.5 Å². The lowest BCUT2D eigenvalue weighted by molar-refractivity contribution is 0.444. The molecule has 0 radical (unpaired) electrons. The maximum Gasteiger partial charge on any atom is 0.124 e. The fourth-order valence-electron chi connectivity index (χ4n) is 1.57. The van der Waals surface area contributed by atoms with Gasteiger partial charge in [0.2, 0.25) is 0 Å². The minimum absolute atomic E-state index is 0.00444. The molecule has 0 bridgehead atoms. The van der Waals surface area contributed by atoms with Crippen molar-refractivity contribution in [2.24, 2.45) is 0 Å². The molecular formula is C12H13NO2S. The Labute approximate surface area is 98.0 Å². The van der Waals surface area contributed by atoms with E-state index >= 15 is 0 Å². The molecule has 0 amide bonds. The number of phenols is 2. The smallest absolute Gasteiger partial charge is 0.124 e. The van der Waals surface area contributed by atoms with E-state index in [0.29, 0.717) is 0 Å². The van der Waals surface area contributed by atoms with Crippen molar-refractivity contribution in [1.29, 1.82) is 0 Å². The molecule has 1 aromatic heterocycles. The van der Waals surface area contributed by atoms with Crippen molar-refractivity contribution in [1.82, 2.24) is 0 Å². The summed E-state index contributed by atoms with van der Waals surface area (Å²) in [5.41, 5.74) is 1.80. The van der Waals surface area contributed by atoms with Gasteiger partial charge in [-0.2, -0.15) is 11.3 Å². The highest BCUT2D eigenvalue weighted by molar-refractivity contribution is 7.08. The van der Waals surface area contributed by atoms with Crippen molar-refractivity contribution in [3.05, 3.63) is 40.6 Å². The van der Waals surface area contributed by atoms with Crippen LogP contribution in [0.3, 0.4) is 0 Å². The van der Waals surface area contributed by atoms with Gasteiger partial charge >= 0.3 is 0 Å². The SMILES string of the molecule is CC(Nc1ccsc1)c1ccc(O)cc1O. The van der Waals surface area contributed by atoms with E-state index in [0.717, 1.165) is 11.3 Å². The van der Waals surface area contributed by atoms with Gasteiger partial charge in [-0.15, -0.1) is 0 Å². The summed E-state index contributed by atoms with van der Waals surface area (Å²) >= 11 is 1.62. The van der Waals surface area contributed by atoms with E-state index in [1.807, 2.05) is 23.8 Å². The van der Waals surface area contributed by atoms with Crippen LogP contribution in [0, 0.1) is 0 Å². The summed E-state index contributed by atoms with van der Waals surface area (Å²) in [6.07, 6.45) is 0. The van der Waals surface area contributed by atoms with Crippen molar-refractivity contribution in [2.75, 3.05) is 5.32 Å². The van der Waals surface area contributed by atoms with E-state index in [4.69, 9.17) is 0 Å². The summed E-state index contributed by atoms with van der Waals surface area (Å²) < 4.78 is 0. The molecule has 1 unspecified atom stereocenters. The third-order valence-electron chi connectivity index (χ3n) is 2.38. The van der Waals surface area contributed by atoms with Crippen molar-refractivity contribution >= 4 is 17.0 Å². The number of benzene rings is 1. The third kappa shape index (κ3) is 2.28. The Morgan fingerprint density at radius 1 is 1.25 bits per heavy atom. The van der Waals surface area contributed by atoms with Crippen LogP contribution in [0.25, 0.3) is 0 Å². The van der Waals surface area contributed by atoms with Crippen LogP contribution in [-0.2, 0) is 0 Å². The Hall–Kier alpha value is -1.68. The molecule has 3 N–H and O–H groups in total. The summed E-state index contributed by atoms with van der Waals surface area (Å²) in [4.78, 5) is 0. The number of nitrogens with one attached hydrogen (secondary N) is 1. The van der Waals surface area contributed by atoms with Gasteiger partial charge < -0.3 is 15.5 Å². The van der Waals surface area contributed by atoms with Gasteiger partial charge in [-0.05, 0) is 30.5 Å². The van der Waals surface area contributed by atoms with Gasteiger partial charge in [-0.1, -0.05) is 0 Å². The van der Waals surface area contributed by atoms with Crippen LogP contribution in [0.2, 0.25) is 0 Å². The van der Waals surface area contributed by atoms with E-state index in [9.17, 15) is 10.2 Å². The van der Waals surface area contributed by atoms with Gasteiger partial charge in [-0.25, -0.2) is 0 Å². The second kappa shape index (κ2) is 4.45. The summed E-state index contributed by atoms with van der Waals surface area (Å²) in [6.45, 7) is 1.96. The summed E-state index contributed by atoms with van der Waals surface area (Å²) in [6, 6.07) is 6.62. The molecule has 0 aliphatic heterocycles. The standard InChI is InChI=1S/C12H13NO2S/c1-8(13-9-4-5-16-7-9)11-3-2-10(14)6-12(11)15/h2-8,13-15H,1H3. The molecule has 2 aromatic rings. The van der Waals surface area contributed by atoms with Crippen LogP contribution in [0.5, 0.6) is 11.5 Å². The number of anilines is 1. The molecule has 16 heavy (non-hydrogen) atoms. The lowest BCUT2D eigenvalue weighted by Gasteiger charge is -2.15. The first-order valence-corrected chi connectivity index (χ1v) is 5.91. The predicted octanol–water partition coefficient (Wildman–Crippen LogP) is 3.33. The van der Waals surface area contributed by atoms with Gasteiger partial charge in [0, 0.05) is 22.7 Å². The number of hydrogen-bond donors (Lipinski definition) is 3. The lowest BCUT2D eigenvalue weighted by Crippen LogP contribution is -2.05. The first-order chi connectivity index (χ1) is 7.66. The largest absolute Gasteiger partial charge is 0.508 e. The van der Waals surface area contributed by atoms with Crippen LogP contribution in [0.1, 0.15) is 18.5 Å². The maximum absolute atomic E-state index is 9.69. The summed E-state index contributed by atoms with van der Waals surface area (Å²) in [5.74, 6) is 0.180. The van der Waals surface area contributed by atoms with Gasteiger partial charge in [0.1, 0.15) is 11.5 Å². The molecule has 0 fully saturated rings. The highest BCUT2D eigenvalue weighted by atomic mass is 32.1. The monoisotopic (exact) mass is 235 g/mol. The topological polar surface area (TPSA) is 52.5 Å². The van der Waals surface area contributed by atoms with Gasteiger partial charge in [0.15, 0.2) is 0 Å². The molecule has 0 saturated carbocycles. The first-order valence-electron chi connectivity index (χ1n) is 4.97. The van der Waals surface area contributed by atoms with E-state index in [1.165, 1.54) is 6.07 Å². The van der Waals surface area contributed by atoms with Crippen molar-refractivity contribution < 1.29 is 10.2 Å². The number of aromatic hydroxyl groups is 2. The fourth-order valence-corrected chi connectivity index (χ4v) is 2.17. The Morgan fingerprint density at radius 3 is 2.69 bits per heavy atom. The molecule has 3 nitrogen and oxygen atoms in total. The van der Waals surface area contributed by atoms with Crippen molar-refractivity contribution in [2.45, 2.75) is 13.0 Å². The van der Waals surface area contributed by atoms with Crippen LogP contribution >= 0.6 is 11.3 Å². The number of rotatable bonds is 3. The number of thiophene rings is 1. The third-order valence-corrected chi connectivity index (χ3v) is 3.07. The van der Waals surface area contributed by atoms with Crippen LogP contribution in [0.15, 0.2) is 35.0 Å². The molecule has 1 heterocycles. The Kier molecular flexibility index (Phi) is 3.01. The summed E-state index contributed by atoms with van der Waals surface area (Å²) in [5, 5.41) is 26.2. The Morgan fingerprint density at radius 2 is 2.06 bits per heavy atom. The second-order valence-corrected chi connectivity index (χ2v) is 4.40. The zero-order chi connectivity index (χ0) is 11.5. The van der Waals surface area contributed by atoms with Crippen molar-refractivity contribution in [3.63, 3.8) is 0 Å². The first kappa shape index (κ1) is 10.8. The molecule has 4 heteroatoms. The average Bonchev–Trinajstić information content (AvgIpc) is 2.70. The zero-order valence-electron chi connectivity index (χ0n) is 8.84. The second-order valence-electron chi connectivity index (χ2n) is 3.62. The normalized spacial score (nSPS) is 12.3. The van der Waals surface area contributed by atoms with Gasteiger partial charge in [0.25, 0.3) is 0 Å². The lowest BCUT2D eigenvalue weighted by atomic mass is 10.1. The van der Waals surface area contributed by atoms with Gasteiger partial charge in [0.05, 0.1) is 6.04 Å². The highest BCUT2D eigenvalue weighted by Gasteiger charge is 2.10. The van der Waals surface area contributed by atoms with Gasteiger partial charge in [-0.3, -0.25) is 0 Å².